The quantitative estimate of drug-likeness (QED) is 0.743. The van der Waals surface area contributed by atoms with E-state index in [0.717, 1.165) is 17.3 Å². The summed E-state index contributed by atoms with van der Waals surface area (Å²) in [6.07, 6.45) is 3.69. The first-order valence-electron chi connectivity index (χ1n) is 7.73. The van der Waals surface area contributed by atoms with Crippen LogP contribution < -0.4 is 10.1 Å². The maximum Gasteiger partial charge on any atom is 0.146 e. The Kier molecular flexibility index (Phi) is 4.62. The fraction of sp³-hybridized carbons (Fsp3) is 0.211. The highest BCUT2D eigenvalue weighted by Crippen LogP contribution is 2.22. The van der Waals surface area contributed by atoms with E-state index in [1.807, 2.05) is 48.1 Å². The van der Waals surface area contributed by atoms with Crippen molar-refractivity contribution in [3.63, 3.8) is 0 Å². The van der Waals surface area contributed by atoms with Gasteiger partial charge in [0.2, 0.25) is 0 Å². The van der Waals surface area contributed by atoms with Gasteiger partial charge in [-0.1, -0.05) is 30.3 Å². The first-order chi connectivity index (χ1) is 11.2. The second-order valence-corrected chi connectivity index (χ2v) is 5.54. The summed E-state index contributed by atoms with van der Waals surface area (Å²) in [5.41, 5.74) is 2.34. The number of anilines is 1. The summed E-state index contributed by atoms with van der Waals surface area (Å²) < 4.78 is 7.74. The van der Waals surface area contributed by atoms with Crippen LogP contribution in [0.25, 0.3) is 0 Å². The highest BCUT2D eigenvalue weighted by atomic mass is 16.5. The van der Waals surface area contributed by atoms with Crippen molar-refractivity contribution in [2.45, 2.75) is 19.6 Å². The Morgan fingerprint density at radius 1 is 1.09 bits per heavy atom. The third-order valence-corrected chi connectivity index (χ3v) is 3.83. The number of nitrogens with one attached hydrogen (secondary N) is 1. The molecule has 118 valence electrons. The third kappa shape index (κ3) is 3.92. The van der Waals surface area contributed by atoms with E-state index in [1.54, 1.807) is 6.20 Å². The van der Waals surface area contributed by atoms with Crippen LogP contribution in [0.15, 0.2) is 67.0 Å². The molecule has 1 atom stereocenters. The van der Waals surface area contributed by atoms with Crippen molar-refractivity contribution in [3.8, 4) is 5.75 Å². The summed E-state index contributed by atoms with van der Waals surface area (Å²) in [7, 11) is 1.96. The Hall–Kier alpha value is -2.75. The molecule has 0 radical (unpaired) electrons. The van der Waals surface area contributed by atoms with Crippen molar-refractivity contribution >= 4 is 5.69 Å². The van der Waals surface area contributed by atoms with E-state index in [0.29, 0.717) is 6.61 Å². The highest BCUT2D eigenvalue weighted by Gasteiger charge is 2.06. The molecule has 0 fully saturated rings. The number of aryl methyl sites for hydroxylation is 1. The van der Waals surface area contributed by atoms with Crippen molar-refractivity contribution in [2.75, 3.05) is 5.32 Å². The second-order valence-electron chi connectivity index (χ2n) is 5.54. The largest absolute Gasteiger partial charge is 0.486 e. The number of aromatic nitrogens is 2. The molecule has 3 rings (SSSR count). The molecule has 3 aromatic rings. The lowest BCUT2D eigenvalue weighted by atomic mass is 10.1. The number of rotatable bonds is 6. The molecule has 1 N–H and O–H groups in total. The molecule has 0 aliphatic rings. The number of nitrogens with zero attached hydrogens (tertiary/aromatic N) is 2. The fourth-order valence-electron chi connectivity index (χ4n) is 2.40. The minimum atomic E-state index is 0.237. The van der Waals surface area contributed by atoms with E-state index >= 15 is 0 Å². The van der Waals surface area contributed by atoms with E-state index in [4.69, 9.17) is 4.74 Å². The number of hydrogen-bond acceptors (Lipinski definition) is 3. The number of para-hydroxylation sites is 1. The van der Waals surface area contributed by atoms with Gasteiger partial charge in [-0.05, 0) is 36.8 Å². The molecule has 0 saturated carbocycles. The number of hydrogen-bond donors (Lipinski definition) is 1. The molecule has 2 aromatic carbocycles. The van der Waals surface area contributed by atoms with Gasteiger partial charge in [0, 0.05) is 31.2 Å². The zero-order valence-electron chi connectivity index (χ0n) is 13.4. The van der Waals surface area contributed by atoms with Crippen LogP contribution in [0, 0.1) is 0 Å². The Bertz CT molecular complexity index is 735. The van der Waals surface area contributed by atoms with E-state index in [9.17, 15) is 0 Å². The first-order valence-corrected chi connectivity index (χ1v) is 7.73. The third-order valence-electron chi connectivity index (χ3n) is 3.83. The van der Waals surface area contributed by atoms with Gasteiger partial charge in [0.05, 0.1) is 0 Å². The van der Waals surface area contributed by atoms with Crippen LogP contribution >= 0.6 is 0 Å². The Labute approximate surface area is 136 Å². The summed E-state index contributed by atoms with van der Waals surface area (Å²) >= 11 is 0. The summed E-state index contributed by atoms with van der Waals surface area (Å²) in [6.45, 7) is 2.62. The molecule has 1 heterocycles. The first kappa shape index (κ1) is 15.2. The minimum Gasteiger partial charge on any atom is -0.486 e. The predicted molar refractivity (Wildman–Crippen MR) is 92.5 cm³/mol. The van der Waals surface area contributed by atoms with Crippen molar-refractivity contribution in [1.82, 2.24) is 9.55 Å². The average Bonchev–Trinajstić information content (AvgIpc) is 2.99. The summed E-state index contributed by atoms with van der Waals surface area (Å²) in [4.78, 5) is 4.25. The molecular formula is C19H21N3O. The van der Waals surface area contributed by atoms with Crippen LogP contribution in [0.3, 0.4) is 0 Å². The molecule has 23 heavy (non-hydrogen) atoms. The number of benzene rings is 2. The van der Waals surface area contributed by atoms with Gasteiger partial charge in [-0.3, -0.25) is 0 Å². The van der Waals surface area contributed by atoms with Crippen LogP contribution in [0.5, 0.6) is 5.75 Å². The predicted octanol–water partition coefficient (Wildman–Crippen LogP) is 4.17. The van der Waals surface area contributed by atoms with Gasteiger partial charge in [0.25, 0.3) is 0 Å². The van der Waals surface area contributed by atoms with Gasteiger partial charge in [-0.25, -0.2) is 4.98 Å². The van der Waals surface area contributed by atoms with E-state index in [-0.39, 0.29) is 6.04 Å². The van der Waals surface area contributed by atoms with Gasteiger partial charge in [-0.2, -0.15) is 0 Å². The van der Waals surface area contributed by atoms with Crippen LogP contribution in [0.1, 0.15) is 24.4 Å². The lowest BCUT2D eigenvalue weighted by Crippen LogP contribution is -2.06. The normalized spacial score (nSPS) is 11.9. The van der Waals surface area contributed by atoms with Gasteiger partial charge in [0.1, 0.15) is 18.2 Å². The Balaban J connectivity index is 1.59. The van der Waals surface area contributed by atoms with Crippen molar-refractivity contribution < 1.29 is 4.74 Å². The Morgan fingerprint density at radius 2 is 1.83 bits per heavy atom. The number of ether oxygens (including phenoxy) is 1. The molecule has 0 aliphatic heterocycles. The van der Waals surface area contributed by atoms with E-state index < -0.39 is 0 Å². The van der Waals surface area contributed by atoms with E-state index in [2.05, 4.69) is 41.5 Å². The summed E-state index contributed by atoms with van der Waals surface area (Å²) in [5.74, 6) is 1.76. The zero-order chi connectivity index (χ0) is 16.1. The summed E-state index contributed by atoms with van der Waals surface area (Å²) in [5, 5.41) is 3.49. The SMILES string of the molecule is C[C@H](Nc1ccccc1)c1ccc(OCc2nccn2C)cc1. The monoisotopic (exact) mass is 307 g/mol. The molecule has 1 aromatic heterocycles. The highest BCUT2D eigenvalue weighted by molar-refractivity contribution is 5.45. The van der Waals surface area contributed by atoms with Crippen molar-refractivity contribution in [3.05, 3.63) is 78.4 Å². The van der Waals surface area contributed by atoms with Gasteiger partial charge in [0.15, 0.2) is 0 Å². The maximum atomic E-state index is 5.78. The smallest absolute Gasteiger partial charge is 0.146 e. The molecule has 0 saturated heterocycles. The maximum absolute atomic E-state index is 5.78. The topological polar surface area (TPSA) is 39.1 Å². The lowest BCUT2D eigenvalue weighted by Gasteiger charge is -2.16. The van der Waals surface area contributed by atoms with Gasteiger partial charge >= 0.3 is 0 Å². The molecule has 0 amide bonds. The molecule has 0 aliphatic carbocycles. The number of imidazole rings is 1. The minimum absolute atomic E-state index is 0.237. The molecule has 0 bridgehead atoms. The fourth-order valence-corrected chi connectivity index (χ4v) is 2.40. The standard InChI is InChI=1S/C19H21N3O/c1-15(21-17-6-4-3-5-7-17)16-8-10-18(11-9-16)23-14-19-20-12-13-22(19)2/h3-13,15,21H,14H2,1-2H3/t15-/m0/s1. The van der Waals surface area contributed by atoms with E-state index in [1.165, 1.54) is 5.56 Å². The Morgan fingerprint density at radius 3 is 2.48 bits per heavy atom. The molecule has 4 heteroatoms. The van der Waals surface area contributed by atoms with Crippen LogP contribution in [-0.2, 0) is 13.7 Å². The molecular weight excluding hydrogens is 286 g/mol. The van der Waals surface area contributed by atoms with Crippen LogP contribution in [0.4, 0.5) is 5.69 Å². The second kappa shape index (κ2) is 7.01. The van der Waals surface area contributed by atoms with Gasteiger partial charge < -0.3 is 14.6 Å². The molecule has 0 unspecified atom stereocenters. The van der Waals surface area contributed by atoms with Gasteiger partial charge in [-0.15, -0.1) is 0 Å². The van der Waals surface area contributed by atoms with Crippen LogP contribution in [0.2, 0.25) is 0 Å². The van der Waals surface area contributed by atoms with Crippen molar-refractivity contribution in [2.24, 2.45) is 7.05 Å². The lowest BCUT2D eigenvalue weighted by molar-refractivity contribution is 0.291. The molecule has 4 nitrogen and oxygen atoms in total. The van der Waals surface area contributed by atoms with Crippen LogP contribution in [-0.4, -0.2) is 9.55 Å². The summed E-state index contributed by atoms with van der Waals surface area (Å²) in [6, 6.07) is 18.6. The van der Waals surface area contributed by atoms with Crippen molar-refractivity contribution in [1.29, 1.82) is 0 Å². The molecule has 0 spiro atoms. The zero-order valence-corrected chi connectivity index (χ0v) is 13.4. The average molecular weight is 307 g/mol.